The van der Waals surface area contributed by atoms with Crippen LogP contribution < -0.4 is 20.5 Å². The van der Waals surface area contributed by atoms with E-state index in [-0.39, 0.29) is 29.4 Å². The first-order valence-electron chi connectivity index (χ1n) is 10.2. The summed E-state index contributed by atoms with van der Waals surface area (Å²) < 4.78 is 16.8. The maximum absolute atomic E-state index is 6.20. The molecule has 0 spiro atoms. The molecule has 1 aliphatic rings. The van der Waals surface area contributed by atoms with Crippen molar-refractivity contribution in [3.8, 4) is 11.5 Å². The largest absolute Gasteiger partial charge is 0.494 e. The summed E-state index contributed by atoms with van der Waals surface area (Å²) in [6.45, 7) is 9.44. The van der Waals surface area contributed by atoms with Crippen molar-refractivity contribution >= 4 is 35.6 Å². The Bertz CT molecular complexity index is 605. The van der Waals surface area contributed by atoms with Gasteiger partial charge in [-0.3, -0.25) is 4.99 Å². The first-order valence-corrected chi connectivity index (χ1v) is 10.2. The third-order valence-electron chi connectivity index (χ3n) is 5.05. The molecular formula is C21H36IN3O3. The van der Waals surface area contributed by atoms with Crippen LogP contribution in [-0.4, -0.2) is 38.9 Å². The number of nitrogens with two attached hydrogens (primary N) is 1. The Labute approximate surface area is 186 Å². The summed E-state index contributed by atoms with van der Waals surface area (Å²) in [5.74, 6) is 1.93. The van der Waals surface area contributed by atoms with Gasteiger partial charge in [0.25, 0.3) is 0 Å². The van der Waals surface area contributed by atoms with E-state index in [9.17, 15) is 0 Å². The maximum atomic E-state index is 6.20. The molecule has 0 saturated heterocycles. The minimum atomic E-state index is 0. The monoisotopic (exact) mass is 505 g/mol. The van der Waals surface area contributed by atoms with Crippen LogP contribution in [0, 0.1) is 5.41 Å². The van der Waals surface area contributed by atoms with E-state index < -0.39 is 0 Å². The van der Waals surface area contributed by atoms with Crippen molar-refractivity contribution in [2.45, 2.75) is 52.9 Å². The second-order valence-electron chi connectivity index (χ2n) is 7.00. The van der Waals surface area contributed by atoms with Gasteiger partial charge in [-0.2, -0.15) is 0 Å². The number of benzene rings is 1. The van der Waals surface area contributed by atoms with E-state index in [4.69, 9.17) is 19.9 Å². The number of ether oxygens (including phenoxy) is 3. The molecule has 1 aliphatic carbocycles. The van der Waals surface area contributed by atoms with Gasteiger partial charge in [-0.1, -0.05) is 12.8 Å². The number of nitrogens with zero attached hydrogens (tertiary/aromatic N) is 1. The molecule has 1 aromatic carbocycles. The second kappa shape index (κ2) is 13.1. The van der Waals surface area contributed by atoms with Crippen molar-refractivity contribution in [2.24, 2.45) is 16.1 Å². The molecule has 7 heteroatoms. The SMILES string of the molecule is CCOCCC1(CN=C(N)Nc2cc(OCC)ccc2OCC)CCCC1.I. The quantitative estimate of drug-likeness (QED) is 0.195. The summed E-state index contributed by atoms with van der Waals surface area (Å²) in [5, 5.41) is 3.19. The number of halogens is 1. The van der Waals surface area contributed by atoms with Crippen LogP contribution in [0.3, 0.4) is 0 Å². The highest BCUT2D eigenvalue weighted by atomic mass is 127. The fourth-order valence-corrected chi connectivity index (χ4v) is 3.62. The highest BCUT2D eigenvalue weighted by Gasteiger charge is 2.33. The fourth-order valence-electron chi connectivity index (χ4n) is 3.62. The highest BCUT2D eigenvalue weighted by molar-refractivity contribution is 14.0. The van der Waals surface area contributed by atoms with Crippen molar-refractivity contribution in [2.75, 3.05) is 38.3 Å². The number of aliphatic imine (C=N–C) groups is 1. The van der Waals surface area contributed by atoms with Gasteiger partial charge in [0.2, 0.25) is 0 Å². The van der Waals surface area contributed by atoms with Crippen molar-refractivity contribution in [1.82, 2.24) is 0 Å². The van der Waals surface area contributed by atoms with E-state index in [1.54, 1.807) is 0 Å². The fraction of sp³-hybridized carbons (Fsp3) is 0.667. The third kappa shape index (κ3) is 7.66. The minimum Gasteiger partial charge on any atom is -0.494 e. The Balaban J connectivity index is 0.00000392. The van der Waals surface area contributed by atoms with Crippen LogP contribution in [0.2, 0.25) is 0 Å². The topological polar surface area (TPSA) is 78.1 Å². The number of guanidine groups is 1. The minimum absolute atomic E-state index is 0. The van der Waals surface area contributed by atoms with Gasteiger partial charge in [0.05, 0.1) is 18.9 Å². The normalized spacial score (nSPS) is 15.8. The number of rotatable bonds is 11. The molecule has 0 heterocycles. The molecule has 0 bridgehead atoms. The van der Waals surface area contributed by atoms with Crippen molar-refractivity contribution < 1.29 is 14.2 Å². The Hall–Kier alpha value is -1.22. The molecule has 0 aliphatic heterocycles. The molecule has 0 aromatic heterocycles. The molecular weight excluding hydrogens is 469 g/mol. The standard InChI is InChI=1S/C21H35N3O3.HI/c1-4-25-14-13-21(11-7-8-12-21)16-23-20(22)24-18-15-17(26-5-2)9-10-19(18)27-6-3;/h9-10,15H,4-8,11-14,16H2,1-3H3,(H3,22,23,24);1H. The first kappa shape index (κ1) is 24.8. The molecule has 3 N–H and O–H groups in total. The summed E-state index contributed by atoms with van der Waals surface area (Å²) in [5.41, 5.74) is 7.19. The number of hydrogen-bond acceptors (Lipinski definition) is 4. The van der Waals surface area contributed by atoms with Gasteiger partial charge in [-0.15, -0.1) is 24.0 Å². The number of nitrogens with one attached hydrogen (secondary N) is 1. The Morgan fingerprint density at radius 2 is 1.82 bits per heavy atom. The summed E-state index contributed by atoms with van der Waals surface area (Å²) in [4.78, 5) is 4.66. The van der Waals surface area contributed by atoms with Gasteiger partial charge in [-0.05, 0) is 57.6 Å². The summed E-state index contributed by atoms with van der Waals surface area (Å²) in [6, 6.07) is 5.69. The van der Waals surface area contributed by atoms with Crippen LogP contribution in [-0.2, 0) is 4.74 Å². The third-order valence-corrected chi connectivity index (χ3v) is 5.05. The lowest BCUT2D eigenvalue weighted by atomic mass is 9.83. The highest BCUT2D eigenvalue weighted by Crippen LogP contribution is 2.41. The zero-order chi connectivity index (χ0) is 19.5. The first-order chi connectivity index (χ1) is 13.1. The van der Waals surface area contributed by atoms with E-state index in [1.165, 1.54) is 25.7 Å². The lowest BCUT2D eigenvalue weighted by Gasteiger charge is -2.27. The van der Waals surface area contributed by atoms with E-state index in [0.29, 0.717) is 19.2 Å². The lowest BCUT2D eigenvalue weighted by molar-refractivity contribution is 0.107. The van der Waals surface area contributed by atoms with E-state index in [2.05, 4.69) is 10.3 Å². The van der Waals surface area contributed by atoms with Crippen LogP contribution in [0.1, 0.15) is 52.9 Å². The Morgan fingerprint density at radius 3 is 2.46 bits per heavy atom. The molecule has 0 unspecified atom stereocenters. The summed E-state index contributed by atoms with van der Waals surface area (Å²) in [6.07, 6.45) is 5.96. The second-order valence-corrected chi connectivity index (χ2v) is 7.00. The molecule has 6 nitrogen and oxygen atoms in total. The van der Waals surface area contributed by atoms with Crippen molar-refractivity contribution in [3.63, 3.8) is 0 Å². The van der Waals surface area contributed by atoms with Gasteiger partial charge in [-0.25, -0.2) is 0 Å². The lowest BCUT2D eigenvalue weighted by Crippen LogP contribution is -2.28. The van der Waals surface area contributed by atoms with Crippen LogP contribution in [0.25, 0.3) is 0 Å². The Kier molecular flexibility index (Phi) is 11.6. The van der Waals surface area contributed by atoms with E-state index in [0.717, 1.165) is 43.4 Å². The molecule has 1 fully saturated rings. The molecule has 0 radical (unpaired) electrons. The van der Waals surface area contributed by atoms with E-state index >= 15 is 0 Å². The maximum Gasteiger partial charge on any atom is 0.193 e. The van der Waals surface area contributed by atoms with Gasteiger partial charge >= 0.3 is 0 Å². The zero-order valence-electron chi connectivity index (χ0n) is 17.5. The van der Waals surface area contributed by atoms with Gasteiger partial charge in [0.1, 0.15) is 11.5 Å². The molecule has 2 rings (SSSR count). The van der Waals surface area contributed by atoms with Gasteiger partial charge in [0.15, 0.2) is 5.96 Å². The predicted octanol–water partition coefficient (Wildman–Crippen LogP) is 4.82. The predicted molar refractivity (Wildman–Crippen MR) is 126 cm³/mol. The van der Waals surface area contributed by atoms with Crippen LogP contribution >= 0.6 is 24.0 Å². The summed E-state index contributed by atoms with van der Waals surface area (Å²) in [7, 11) is 0. The smallest absolute Gasteiger partial charge is 0.193 e. The molecule has 0 atom stereocenters. The number of hydrogen-bond donors (Lipinski definition) is 2. The van der Waals surface area contributed by atoms with Gasteiger partial charge in [0, 0.05) is 25.8 Å². The zero-order valence-corrected chi connectivity index (χ0v) is 19.8. The van der Waals surface area contributed by atoms with Crippen molar-refractivity contribution in [3.05, 3.63) is 18.2 Å². The molecule has 0 amide bonds. The van der Waals surface area contributed by atoms with Crippen LogP contribution in [0.5, 0.6) is 11.5 Å². The molecule has 28 heavy (non-hydrogen) atoms. The average Bonchev–Trinajstić information content (AvgIpc) is 3.12. The number of anilines is 1. The molecule has 160 valence electrons. The van der Waals surface area contributed by atoms with Crippen molar-refractivity contribution in [1.29, 1.82) is 0 Å². The van der Waals surface area contributed by atoms with Crippen LogP contribution in [0.4, 0.5) is 5.69 Å². The average molecular weight is 505 g/mol. The van der Waals surface area contributed by atoms with E-state index in [1.807, 2.05) is 39.0 Å². The summed E-state index contributed by atoms with van der Waals surface area (Å²) >= 11 is 0. The van der Waals surface area contributed by atoms with Crippen LogP contribution in [0.15, 0.2) is 23.2 Å². The molecule has 1 saturated carbocycles. The van der Waals surface area contributed by atoms with Gasteiger partial charge < -0.3 is 25.3 Å². The Morgan fingerprint density at radius 1 is 1.11 bits per heavy atom. The molecule has 1 aromatic rings.